The zero-order valence-electron chi connectivity index (χ0n) is 11.6. The SMILES string of the molecule is Cc1ccc(Br)c(NC(=O)C2CCC(C(F)(F)F)CC2)c1. The van der Waals surface area contributed by atoms with Crippen LogP contribution >= 0.6 is 15.9 Å². The van der Waals surface area contributed by atoms with Gasteiger partial charge >= 0.3 is 6.18 Å². The number of alkyl halides is 3. The quantitative estimate of drug-likeness (QED) is 0.781. The number of hydrogen-bond acceptors (Lipinski definition) is 1. The average molecular weight is 364 g/mol. The van der Waals surface area contributed by atoms with Gasteiger partial charge in [0.05, 0.1) is 11.6 Å². The highest BCUT2D eigenvalue weighted by Gasteiger charge is 2.42. The van der Waals surface area contributed by atoms with Crippen molar-refractivity contribution in [2.75, 3.05) is 5.32 Å². The van der Waals surface area contributed by atoms with Gasteiger partial charge in [-0.15, -0.1) is 0 Å². The Bertz CT molecular complexity index is 522. The molecule has 2 rings (SSSR count). The van der Waals surface area contributed by atoms with Gasteiger partial charge in [0.2, 0.25) is 5.91 Å². The van der Waals surface area contributed by atoms with E-state index < -0.39 is 12.1 Å². The van der Waals surface area contributed by atoms with E-state index in [2.05, 4.69) is 21.2 Å². The predicted octanol–water partition coefficient (Wildman–Crippen LogP) is 5.06. The first-order chi connectivity index (χ1) is 9.77. The summed E-state index contributed by atoms with van der Waals surface area (Å²) in [5.74, 6) is -1.79. The molecule has 1 saturated carbocycles. The van der Waals surface area contributed by atoms with E-state index in [-0.39, 0.29) is 24.7 Å². The maximum Gasteiger partial charge on any atom is 0.391 e. The molecule has 0 spiro atoms. The van der Waals surface area contributed by atoms with Crippen LogP contribution in [0.2, 0.25) is 0 Å². The van der Waals surface area contributed by atoms with Gasteiger partial charge in [-0.05, 0) is 66.2 Å². The van der Waals surface area contributed by atoms with E-state index in [0.29, 0.717) is 18.5 Å². The number of anilines is 1. The van der Waals surface area contributed by atoms with Crippen molar-refractivity contribution < 1.29 is 18.0 Å². The lowest BCUT2D eigenvalue weighted by molar-refractivity contribution is -0.184. The molecule has 1 aliphatic carbocycles. The summed E-state index contributed by atoms with van der Waals surface area (Å²) in [6.45, 7) is 1.91. The number of benzene rings is 1. The van der Waals surface area contributed by atoms with E-state index in [1.807, 2.05) is 25.1 Å². The fraction of sp³-hybridized carbons (Fsp3) is 0.533. The van der Waals surface area contributed by atoms with E-state index in [1.165, 1.54) is 0 Å². The van der Waals surface area contributed by atoms with Crippen molar-refractivity contribution >= 4 is 27.5 Å². The summed E-state index contributed by atoms with van der Waals surface area (Å²) in [4.78, 5) is 12.2. The summed E-state index contributed by atoms with van der Waals surface area (Å²) in [6, 6.07) is 5.59. The van der Waals surface area contributed by atoms with Crippen LogP contribution in [0, 0.1) is 18.8 Å². The second-order valence-electron chi connectivity index (χ2n) is 5.56. The van der Waals surface area contributed by atoms with Crippen molar-refractivity contribution in [1.82, 2.24) is 0 Å². The molecular formula is C15H17BrF3NO. The highest BCUT2D eigenvalue weighted by Crippen LogP contribution is 2.40. The molecule has 0 saturated heterocycles. The molecule has 1 fully saturated rings. The summed E-state index contributed by atoms with van der Waals surface area (Å²) in [5, 5.41) is 2.81. The molecule has 0 unspecified atom stereocenters. The van der Waals surface area contributed by atoms with Crippen molar-refractivity contribution in [2.24, 2.45) is 11.8 Å². The third-order valence-electron chi connectivity index (χ3n) is 3.94. The van der Waals surface area contributed by atoms with Crippen molar-refractivity contribution in [3.8, 4) is 0 Å². The van der Waals surface area contributed by atoms with Gasteiger partial charge < -0.3 is 5.32 Å². The fourth-order valence-corrected chi connectivity index (χ4v) is 3.00. The first-order valence-corrected chi connectivity index (χ1v) is 7.70. The zero-order chi connectivity index (χ0) is 15.6. The molecule has 1 aromatic rings. The maximum absolute atomic E-state index is 12.6. The molecule has 21 heavy (non-hydrogen) atoms. The Hall–Kier alpha value is -1.04. The molecule has 1 aromatic carbocycles. The van der Waals surface area contributed by atoms with Gasteiger partial charge in [0.25, 0.3) is 0 Å². The molecule has 0 bridgehead atoms. The van der Waals surface area contributed by atoms with Gasteiger partial charge in [0, 0.05) is 10.4 Å². The second-order valence-corrected chi connectivity index (χ2v) is 6.42. The lowest BCUT2D eigenvalue weighted by Crippen LogP contribution is -2.32. The standard InChI is InChI=1S/C15H17BrF3NO/c1-9-2-7-12(16)13(8-9)20-14(21)10-3-5-11(6-4-10)15(17,18)19/h2,7-8,10-11H,3-6H2,1H3,(H,20,21). The van der Waals surface area contributed by atoms with E-state index >= 15 is 0 Å². The molecule has 0 aromatic heterocycles. The largest absolute Gasteiger partial charge is 0.391 e. The van der Waals surface area contributed by atoms with Gasteiger partial charge in [0.15, 0.2) is 0 Å². The Kier molecular flexibility index (Phi) is 4.96. The number of rotatable bonds is 2. The molecule has 2 nitrogen and oxygen atoms in total. The van der Waals surface area contributed by atoms with Gasteiger partial charge in [0.1, 0.15) is 0 Å². The van der Waals surface area contributed by atoms with Crippen LogP contribution in [0.15, 0.2) is 22.7 Å². The van der Waals surface area contributed by atoms with Crippen molar-refractivity contribution in [3.05, 3.63) is 28.2 Å². The summed E-state index contributed by atoms with van der Waals surface area (Å²) in [7, 11) is 0. The predicted molar refractivity (Wildman–Crippen MR) is 79.0 cm³/mol. The molecule has 1 amide bonds. The lowest BCUT2D eigenvalue weighted by Gasteiger charge is -2.29. The van der Waals surface area contributed by atoms with Crippen molar-refractivity contribution in [3.63, 3.8) is 0 Å². The summed E-state index contributed by atoms with van der Waals surface area (Å²) >= 11 is 3.36. The Balaban J connectivity index is 1.95. The average Bonchev–Trinajstić information content (AvgIpc) is 2.42. The van der Waals surface area contributed by atoms with E-state index in [9.17, 15) is 18.0 Å². The minimum absolute atomic E-state index is 0.0383. The van der Waals surface area contributed by atoms with Crippen LogP contribution in [-0.2, 0) is 4.79 Å². The van der Waals surface area contributed by atoms with Crippen molar-refractivity contribution in [2.45, 2.75) is 38.8 Å². The third kappa shape index (κ3) is 4.22. The number of carbonyl (C=O) groups excluding carboxylic acids is 1. The summed E-state index contributed by atoms with van der Waals surface area (Å²) in [5.41, 5.74) is 1.67. The number of amides is 1. The van der Waals surface area contributed by atoms with Crippen LogP contribution in [0.25, 0.3) is 0 Å². The molecular weight excluding hydrogens is 347 g/mol. The molecule has 0 heterocycles. The van der Waals surface area contributed by atoms with Gasteiger partial charge in [-0.1, -0.05) is 6.07 Å². The van der Waals surface area contributed by atoms with E-state index in [4.69, 9.17) is 0 Å². The van der Waals surface area contributed by atoms with Crippen LogP contribution in [-0.4, -0.2) is 12.1 Å². The molecule has 116 valence electrons. The third-order valence-corrected chi connectivity index (χ3v) is 4.63. The molecule has 6 heteroatoms. The van der Waals surface area contributed by atoms with Crippen LogP contribution in [0.4, 0.5) is 18.9 Å². The fourth-order valence-electron chi connectivity index (χ4n) is 2.65. The van der Waals surface area contributed by atoms with Crippen LogP contribution in [0.1, 0.15) is 31.2 Å². The highest BCUT2D eigenvalue weighted by atomic mass is 79.9. The summed E-state index contributed by atoms with van der Waals surface area (Å²) in [6.07, 6.45) is -3.48. The van der Waals surface area contributed by atoms with Crippen molar-refractivity contribution in [1.29, 1.82) is 0 Å². The zero-order valence-corrected chi connectivity index (χ0v) is 13.2. The smallest absolute Gasteiger partial charge is 0.325 e. The Morgan fingerprint density at radius 3 is 2.43 bits per heavy atom. The maximum atomic E-state index is 12.6. The summed E-state index contributed by atoms with van der Waals surface area (Å²) < 4.78 is 38.6. The lowest BCUT2D eigenvalue weighted by atomic mass is 9.81. The Morgan fingerprint density at radius 1 is 1.24 bits per heavy atom. The van der Waals surface area contributed by atoms with Gasteiger partial charge in [-0.3, -0.25) is 4.79 Å². The molecule has 0 atom stereocenters. The minimum Gasteiger partial charge on any atom is -0.325 e. The molecule has 0 radical (unpaired) electrons. The van der Waals surface area contributed by atoms with Gasteiger partial charge in [-0.25, -0.2) is 0 Å². The first-order valence-electron chi connectivity index (χ1n) is 6.91. The van der Waals surface area contributed by atoms with E-state index in [1.54, 1.807) is 0 Å². The highest BCUT2D eigenvalue weighted by molar-refractivity contribution is 9.10. The molecule has 0 aliphatic heterocycles. The van der Waals surface area contributed by atoms with E-state index in [0.717, 1.165) is 10.0 Å². The van der Waals surface area contributed by atoms with Crippen LogP contribution in [0.3, 0.4) is 0 Å². The number of carbonyl (C=O) groups is 1. The molecule has 1 aliphatic rings. The first kappa shape index (κ1) is 16.3. The molecule has 1 N–H and O–H groups in total. The Morgan fingerprint density at radius 2 is 1.86 bits per heavy atom. The Labute approximate surface area is 130 Å². The number of aryl methyl sites for hydroxylation is 1. The van der Waals surface area contributed by atoms with Crippen LogP contribution < -0.4 is 5.32 Å². The number of nitrogens with one attached hydrogen (secondary N) is 1. The normalized spacial score (nSPS) is 22.9. The minimum atomic E-state index is -4.14. The number of hydrogen-bond donors (Lipinski definition) is 1. The monoisotopic (exact) mass is 363 g/mol. The topological polar surface area (TPSA) is 29.1 Å². The van der Waals surface area contributed by atoms with Gasteiger partial charge in [-0.2, -0.15) is 13.2 Å². The van der Waals surface area contributed by atoms with Crippen LogP contribution in [0.5, 0.6) is 0 Å². The second kappa shape index (κ2) is 6.38. The number of halogens is 4.